The van der Waals surface area contributed by atoms with Crippen LogP contribution in [0.3, 0.4) is 0 Å². The van der Waals surface area contributed by atoms with Crippen molar-refractivity contribution in [3.05, 3.63) is 75.2 Å². The molecule has 2 amide bonds. The third kappa shape index (κ3) is 8.16. The van der Waals surface area contributed by atoms with Crippen LogP contribution in [0.2, 0.25) is 0 Å². The van der Waals surface area contributed by atoms with Crippen LogP contribution in [0.25, 0.3) is 11.1 Å². The van der Waals surface area contributed by atoms with Gasteiger partial charge in [-0.3, -0.25) is 4.79 Å². The molecule has 0 bridgehead atoms. The molecule has 4 rings (SSSR count). The Balaban J connectivity index is 1.51. The van der Waals surface area contributed by atoms with Crippen molar-refractivity contribution < 1.29 is 37.3 Å². The minimum atomic E-state index is -4.55. The molecule has 2 heterocycles. The summed E-state index contributed by atoms with van der Waals surface area (Å²) in [6.07, 6.45) is -4.75. The minimum Gasteiger partial charge on any atom is -0.444 e. The van der Waals surface area contributed by atoms with Crippen LogP contribution < -0.4 is 10.6 Å². The van der Waals surface area contributed by atoms with E-state index in [0.717, 1.165) is 17.7 Å². The number of alkyl halides is 3. The summed E-state index contributed by atoms with van der Waals surface area (Å²) in [6, 6.07) is 9.72. The fourth-order valence-electron chi connectivity index (χ4n) is 5.00. The molecular formula is C32H38F3N3O5S. The predicted octanol–water partition coefficient (Wildman–Crippen LogP) is 7.19. The van der Waals surface area contributed by atoms with Crippen molar-refractivity contribution >= 4 is 23.3 Å². The number of alkyl carbamates (subject to hydrolysis) is 1. The number of aromatic nitrogens is 1. The number of aliphatic hydroxyl groups is 1. The number of thiazole rings is 1. The molecule has 3 N–H and O–H groups in total. The lowest BCUT2D eigenvalue weighted by molar-refractivity contribution is -0.137. The molecule has 2 aromatic carbocycles. The standard InChI is InChI=1S/C32H38F3N3O5S/c1-19(38-28(40)25-26(44-18-37-25)27(39)31(5)12-14-42-15-13-31)20-6-8-21(9-7-20)24-16-23(32(33,34)35)11-10-22(24)17-36-29(41)43-30(2,3)4/h6-11,16,18-19,27,39H,12-15,17H2,1-5H3,(H,36,41)(H,38,40)/t19-,27?/m1/s1. The second kappa shape index (κ2) is 13.3. The van der Waals surface area contributed by atoms with Crippen molar-refractivity contribution in [3.63, 3.8) is 0 Å². The maximum atomic E-state index is 13.6. The molecule has 12 heteroatoms. The van der Waals surface area contributed by atoms with Gasteiger partial charge in [0, 0.05) is 25.2 Å². The summed E-state index contributed by atoms with van der Waals surface area (Å²) in [5.74, 6) is -0.430. The van der Waals surface area contributed by atoms with Gasteiger partial charge in [0.15, 0.2) is 0 Å². The number of carbonyl (C=O) groups excluding carboxylic acids is 2. The number of hydrogen-bond donors (Lipinski definition) is 3. The molecule has 0 spiro atoms. The number of rotatable bonds is 8. The monoisotopic (exact) mass is 633 g/mol. The van der Waals surface area contributed by atoms with Crippen molar-refractivity contribution in [2.24, 2.45) is 5.41 Å². The third-order valence-electron chi connectivity index (χ3n) is 7.68. The van der Waals surface area contributed by atoms with Crippen LogP contribution in [0.4, 0.5) is 18.0 Å². The first-order chi connectivity index (χ1) is 20.6. The van der Waals surface area contributed by atoms with Gasteiger partial charge in [0.1, 0.15) is 11.3 Å². The molecule has 1 aliphatic rings. The van der Waals surface area contributed by atoms with E-state index in [4.69, 9.17) is 9.47 Å². The van der Waals surface area contributed by atoms with Gasteiger partial charge in [-0.2, -0.15) is 13.2 Å². The van der Waals surface area contributed by atoms with Crippen LogP contribution in [0, 0.1) is 5.41 Å². The Morgan fingerprint density at radius 1 is 1.11 bits per heavy atom. The number of nitrogens with zero attached hydrogens (tertiary/aromatic N) is 1. The molecule has 238 valence electrons. The molecule has 3 aromatic rings. The van der Waals surface area contributed by atoms with E-state index in [-0.39, 0.29) is 12.2 Å². The first-order valence-corrected chi connectivity index (χ1v) is 15.2. The summed E-state index contributed by atoms with van der Waals surface area (Å²) in [6.45, 7) is 9.97. The van der Waals surface area contributed by atoms with Crippen molar-refractivity contribution in [1.82, 2.24) is 15.6 Å². The lowest BCUT2D eigenvalue weighted by Crippen LogP contribution is -2.34. The van der Waals surface area contributed by atoms with Gasteiger partial charge < -0.3 is 25.2 Å². The van der Waals surface area contributed by atoms with Gasteiger partial charge in [0.05, 0.1) is 28.1 Å². The molecule has 1 saturated heterocycles. The van der Waals surface area contributed by atoms with Crippen molar-refractivity contribution in [3.8, 4) is 11.1 Å². The molecule has 0 aliphatic carbocycles. The topological polar surface area (TPSA) is 110 Å². The van der Waals surface area contributed by atoms with E-state index >= 15 is 0 Å². The third-order valence-corrected chi connectivity index (χ3v) is 8.56. The second-order valence-corrected chi connectivity index (χ2v) is 13.2. The Labute approximate surface area is 259 Å². The highest BCUT2D eigenvalue weighted by Crippen LogP contribution is 2.44. The number of nitrogens with one attached hydrogen (secondary N) is 2. The lowest BCUT2D eigenvalue weighted by Gasteiger charge is -2.37. The van der Waals surface area contributed by atoms with E-state index in [1.807, 2.05) is 6.92 Å². The summed E-state index contributed by atoms with van der Waals surface area (Å²) in [5.41, 5.74) is 1.77. The Morgan fingerprint density at radius 3 is 2.39 bits per heavy atom. The summed E-state index contributed by atoms with van der Waals surface area (Å²) in [5, 5.41) is 16.7. The molecule has 1 fully saturated rings. The van der Waals surface area contributed by atoms with Crippen molar-refractivity contribution in [1.29, 1.82) is 0 Å². The summed E-state index contributed by atoms with van der Waals surface area (Å²) in [7, 11) is 0. The van der Waals surface area contributed by atoms with Gasteiger partial charge in [-0.15, -0.1) is 11.3 Å². The zero-order valence-corrected chi connectivity index (χ0v) is 26.2. The van der Waals surface area contributed by atoms with Crippen LogP contribution in [0.15, 0.2) is 48.0 Å². The van der Waals surface area contributed by atoms with E-state index < -0.39 is 46.9 Å². The largest absolute Gasteiger partial charge is 0.444 e. The van der Waals surface area contributed by atoms with E-state index in [0.29, 0.717) is 47.6 Å². The Kier molecular flexibility index (Phi) is 10.1. The highest BCUT2D eigenvalue weighted by molar-refractivity contribution is 7.10. The van der Waals surface area contributed by atoms with Gasteiger partial charge in [0.25, 0.3) is 5.91 Å². The smallest absolute Gasteiger partial charge is 0.416 e. The maximum Gasteiger partial charge on any atom is 0.416 e. The number of aliphatic hydroxyl groups excluding tert-OH is 1. The summed E-state index contributed by atoms with van der Waals surface area (Å²) in [4.78, 5) is 30.2. The molecule has 0 radical (unpaired) electrons. The first kappa shape index (κ1) is 33.4. The normalized spacial score (nSPS) is 16.6. The Hall–Kier alpha value is -3.48. The summed E-state index contributed by atoms with van der Waals surface area (Å²) >= 11 is 1.24. The van der Waals surface area contributed by atoms with Gasteiger partial charge in [-0.05, 0) is 74.9 Å². The molecule has 2 atom stereocenters. The van der Waals surface area contributed by atoms with Crippen LogP contribution in [-0.2, 0) is 22.2 Å². The SMILES string of the molecule is C[C@@H](NC(=O)c1ncsc1C(O)C1(C)CCOCC1)c1ccc(-c2cc(C(F)(F)F)ccc2CNC(=O)OC(C)(C)C)cc1. The second-order valence-electron chi connectivity index (χ2n) is 12.3. The van der Waals surface area contributed by atoms with E-state index in [9.17, 15) is 27.9 Å². The number of benzene rings is 2. The number of ether oxygens (including phenoxy) is 2. The first-order valence-electron chi connectivity index (χ1n) is 14.3. The van der Waals surface area contributed by atoms with E-state index in [1.54, 1.807) is 57.5 Å². The van der Waals surface area contributed by atoms with Gasteiger partial charge in [0.2, 0.25) is 0 Å². The molecule has 0 saturated carbocycles. The van der Waals surface area contributed by atoms with E-state index in [1.165, 1.54) is 17.4 Å². The molecule has 1 unspecified atom stereocenters. The Morgan fingerprint density at radius 2 is 1.77 bits per heavy atom. The highest BCUT2D eigenvalue weighted by Gasteiger charge is 2.39. The molecule has 8 nitrogen and oxygen atoms in total. The predicted molar refractivity (Wildman–Crippen MR) is 161 cm³/mol. The van der Waals surface area contributed by atoms with Gasteiger partial charge in [-0.1, -0.05) is 37.3 Å². The summed E-state index contributed by atoms with van der Waals surface area (Å²) < 4.78 is 51.4. The zero-order chi connectivity index (χ0) is 32.3. The fourth-order valence-corrected chi connectivity index (χ4v) is 5.95. The quantitative estimate of drug-likeness (QED) is 0.242. The lowest BCUT2D eigenvalue weighted by atomic mass is 9.76. The minimum absolute atomic E-state index is 0.0372. The number of amides is 2. The maximum absolute atomic E-state index is 13.6. The molecule has 44 heavy (non-hydrogen) atoms. The van der Waals surface area contributed by atoms with Crippen LogP contribution >= 0.6 is 11.3 Å². The van der Waals surface area contributed by atoms with E-state index in [2.05, 4.69) is 15.6 Å². The fraction of sp³-hybridized carbons (Fsp3) is 0.469. The molecule has 1 aromatic heterocycles. The Bertz CT molecular complexity index is 1460. The molecular weight excluding hydrogens is 595 g/mol. The number of halogens is 3. The van der Waals surface area contributed by atoms with Crippen LogP contribution in [0.5, 0.6) is 0 Å². The number of hydrogen-bond acceptors (Lipinski definition) is 7. The zero-order valence-electron chi connectivity index (χ0n) is 25.4. The van der Waals surface area contributed by atoms with Crippen molar-refractivity contribution in [2.45, 2.75) is 77.9 Å². The van der Waals surface area contributed by atoms with Gasteiger partial charge >= 0.3 is 12.3 Å². The van der Waals surface area contributed by atoms with Crippen LogP contribution in [0.1, 0.15) is 91.7 Å². The average Bonchev–Trinajstić information content (AvgIpc) is 3.45. The molecule has 1 aliphatic heterocycles. The highest BCUT2D eigenvalue weighted by atomic mass is 32.1. The van der Waals surface area contributed by atoms with Crippen molar-refractivity contribution in [2.75, 3.05) is 13.2 Å². The number of carbonyl (C=O) groups is 2. The average molecular weight is 634 g/mol. The van der Waals surface area contributed by atoms with Crippen LogP contribution in [-0.4, -0.2) is 40.9 Å². The van der Waals surface area contributed by atoms with Gasteiger partial charge in [-0.25, -0.2) is 9.78 Å².